The zero-order valence-corrected chi connectivity index (χ0v) is 16.7. The zero-order chi connectivity index (χ0) is 20.2. The third kappa shape index (κ3) is 5.02. The average molecular weight is 412 g/mol. The first-order valence-corrected chi connectivity index (χ1v) is 10.1. The van der Waals surface area contributed by atoms with Crippen molar-refractivity contribution < 1.29 is 4.39 Å². The van der Waals surface area contributed by atoms with Crippen molar-refractivity contribution in [2.24, 2.45) is 5.73 Å². The Balaban J connectivity index is 1.50. The summed E-state index contributed by atoms with van der Waals surface area (Å²) in [4.78, 5) is 9.06. The molecule has 0 aliphatic heterocycles. The monoisotopic (exact) mass is 411 g/mol. The van der Waals surface area contributed by atoms with E-state index in [9.17, 15) is 4.39 Å². The number of rotatable bonds is 6. The van der Waals surface area contributed by atoms with Crippen LogP contribution >= 0.6 is 11.6 Å². The lowest BCUT2D eigenvalue weighted by atomic mass is 10.1. The maximum Gasteiger partial charge on any atom is 0.126 e. The molecular weight excluding hydrogens is 389 g/mol. The van der Waals surface area contributed by atoms with Gasteiger partial charge in [-0.05, 0) is 55.2 Å². The molecule has 1 aliphatic rings. The van der Waals surface area contributed by atoms with E-state index in [4.69, 9.17) is 17.3 Å². The standard InChI is InChI=1S/C22H23ClFN5/c23-19-13-27-22(28-17-8-7-16(25)10-17)11-18(19)20-5-2-6-21(29-20)26-12-14-3-1-4-15(24)9-14/h1-6,9,11,13,16-17H,7-8,10,12,25H2,(H,26,29)(H,27,28)/t16-,17-/m0/s1. The summed E-state index contributed by atoms with van der Waals surface area (Å²) < 4.78 is 13.4. The van der Waals surface area contributed by atoms with Gasteiger partial charge in [0.25, 0.3) is 0 Å². The Kier molecular flexibility index (Phi) is 5.92. The molecule has 7 heteroatoms. The summed E-state index contributed by atoms with van der Waals surface area (Å²) in [5, 5.41) is 7.21. The van der Waals surface area contributed by atoms with E-state index in [-0.39, 0.29) is 11.9 Å². The Morgan fingerprint density at radius 1 is 1.10 bits per heavy atom. The van der Waals surface area contributed by atoms with Gasteiger partial charge in [0.15, 0.2) is 0 Å². The molecule has 2 aromatic heterocycles. The Labute approximate surface area is 174 Å². The molecule has 4 rings (SSSR count). The van der Waals surface area contributed by atoms with Gasteiger partial charge < -0.3 is 16.4 Å². The predicted molar refractivity (Wildman–Crippen MR) is 115 cm³/mol. The van der Waals surface area contributed by atoms with Gasteiger partial charge >= 0.3 is 0 Å². The van der Waals surface area contributed by atoms with Crippen LogP contribution in [0.5, 0.6) is 0 Å². The van der Waals surface area contributed by atoms with Gasteiger partial charge in [0.1, 0.15) is 17.5 Å². The van der Waals surface area contributed by atoms with Crippen molar-refractivity contribution >= 4 is 23.2 Å². The molecule has 0 radical (unpaired) electrons. The molecule has 1 aliphatic carbocycles. The molecule has 2 heterocycles. The summed E-state index contributed by atoms with van der Waals surface area (Å²) in [5.74, 6) is 1.21. The van der Waals surface area contributed by atoms with Crippen LogP contribution in [-0.2, 0) is 6.54 Å². The van der Waals surface area contributed by atoms with Crippen molar-refractivity contribution in [3.8, 4) is 11.3 Å². The lowest BCUT2D eigenvalue weighted by Crippen LogP contribution is -2.21. The first-order chi connectivity index (χ1) is 14.1. The van der Waals surface area contributed by atoms with Gasteiger partial charge in [0.05, 0.1) is 10.7 Å². The summed E-state index contributed by atoms with van der Waals surface area (Å²) in [6, 6.07) is 14.7. The van der Waals surface area contributed by atoms with E-state index in [1.165, 1.54) is 12.1 Å². The molecule has 0 unspecified atom stereocenters. The highest BCUT2D eigenvalue weighted by Gasteiger charge is 2.22. The number of nitrogens with one attached hydrogen (secondary N) is 2. The lowest BCUT2D eigenvalue weighted by Gasteiger charge is -2.15. The zero-order valence-electron chi connectivity index (χ0n) is 15.9. The largest absolute Gasteiger partial charge is 0.367 e. The summed E-state index contributed by atoms with van der Waals surface area (Å²) >= 11 is 6.40. The van der Waals surface area contributed by atoms with Gasteiger partial charge in [0.2, 0.25) is 0 Å². The van der Waals surface area contributed by atoms with Crippen LogP contribution in [0.3, 0.4) is 0 Å². The predicted octanol–water partition coefficient (Wildman–Crippen LogP) is 4.84. The van der Waals surface area contributed by atoms with Crippen molar-refractivity contribution in [3.05, 3.63) is 71.1 Å². The third-order valence-electron chi connectivity index (χ3n) is 5.07. The van der Waals surface area contributed by atoms with E-state index in [0.29, 0.717) is 23.4 Å². The Bertz CT molecular complexity index is 996. The summed E-state index contributed by atoms with van der Waals surface area (Å²) in [6.07, 6.45) is 4.65. The Morgan fingerprint density at radius 3 is 2.76 bits per heavy atom. The van der Waals surface area contributed by atoms with E-state index in [1.807, 2.05) is 30.3 Å². The van der Waals surface area contributed by atoms with Crippen LogP contribution in [-0.4, -0.2) is 22.1 Å². The second-order valence-corrected chi connectivity index (χ2v) is 7.76. The molecule has 150 valence electrons. The number of hydrogen-bond acceptors (Lipinski definition) is 5. The number of halogens is 2. The molecule has 1 aromatic carbocycles. The summed E-state index contributed by atoms with van der Waals surface area (Å²) in [5.41, 5.74) is 8.40. The van der Waals surface area contributed by atoms with E-state index in [0.717, 1.165) is 41.9 Å². The second kappa shape index (κ2) is 8.76. The van der Waals surface area contributed by atoms with Gasteiger partial charge in [0, 0.05) is 30.4 Å². The minimum absolute atomic E-state index is 0.252. The van der Waals surface area contributed by atoms with Gasteiger partial charge in [-0.1, -0.05) is 29.8 Å². The number of hydrogen-bond donors (Lipinski definition) is 3. The van der Waals surface area contributed by atoms with Gasteiger partial charge in [-0.3, -0.25) is 0 Å². The van der Waals surface area contributed by atoms with Crippen molar-refractivity contribution in [3.63, 3.8) is 0 Å². The lowest BCUT2D eigenvalue weighted by molar-refractivity contribution is 0.626. The fourth-order valence-electron chi connectivity index (χ4n) is 3.59. The number of pyridine rings is 2. The molecule has 0 saturated heterocycles. The van der Waals surface area contributed by atoms with Crippen molar-refractivity contribution in [1.29, 1.82) is 0 Å². The van der Waals surface area contributed by atoms with Crippen LogP contribution in [0.15, 0.2) is 54.7 Å². The van der Waals surface area contributed by atoms with E-state index >= 15 is 0 Å². The first-order valence-electron chi connectivity index (χ1n) is 9.70. The smallest absolute Gasteiger partial charge is 0.126 e. The van der Waals surface area contributed by atoms with Crippen LogP contribution in [0.1, 0.15) is 24.8 Å². The minimum Gasteiger partial charge on any atom is -0.367 e. The molecule has 5 nitrogen and oxygen atoms in total. The van der Waals surface area contributed by atoms with E-state index < -0.39 is 0 Å². The number of anilines is 2. The molecule has 3 aromatic rings. The molecular formula is C22H23ClFN5. The maximum absolute atomic E-state index is 13.4. The van der Waals surface area contributed by atoms with E-state index in [2.05, 4.69) is 20.6 Å². The molecule has 0 spiro atoms. The quantitative estimate of drug-likeness (QED) is 0.541. The minimum atomic E-state index is -0.252. The molecule has 29 heavy (non-hydrogen) atoms. The highest BCUT2D eigenvalue weighted by atomic mass is 35.5. The topological polar surface area (TPSA) is 75.9 Å². The van der Waals surface area contributed by atoms with Crippen LogP contribution in [0.4, 0.5) is 16.0 Å². The number of nitrogens with two attached hydrogens (primary N) is 1. The SMILES string of the molecule is N[C@H]1CC[C@H](Nc2cc(-c3cccc(NCc4cccc(F)c4)n3)c(Cl)cn2)C1. The average Bonchev–Trinajstić information content (AvgIpc) is 3.13. The molecule has 1 saturated carbocycles. The van der Waals surface area contributed by atoms with Crippen molar-refractivity contribution in [2.75, 3.05) is 10.6 Å². The van der Waals surface area contributed by atoms with E-state index in [1.54, 1.807) is 12.3 Å². The fourth-order valence-corrected chi connectivity index (χ4v) is 3.79. The number of benzene rings is 1. The summed E-state index contributed by atoms with van der Waals surface area (Å²) in [7, 11) is 0. The second-order valence-electron chi connectivity index (χ2n) is 7.36. The molecule has 4 N–H and O–H groups in total. The molecule has 2 atom stereocenters. The van der Waals surface area contributed by atoms with Crippen LogP contribution in [0, 0.1) is 5.82 Å². The Hall–Kier alpha value is -2.70. The first kappa shape index (κ1) is 19.6. The number of aromatic nitrogens is 2. The summed E-state index contributed by atoms with van der Waals surface area (Å²) in [6.45, 7) is 0.479. The van der Waals surface area contributed by atoms with Crippen molar-refractivity contribution in [2.45, 2.75) is 37.9 Å². The third-order valence-corrected chi connectivity index (χ3v) is 5.37. The van der Waals surface area contributed by atoms with Gasteiger partial charge in [-0.15, -0.1) is 0 Å². The van der Waals surface area contributed by atoms with Gasteiger partial charge in [-0.25, -0.2) is 14.4 Å². The van der Waals surface area contributed by atoms with Crippen LogP contribution in [0.25, 0.3) is 11.3 Å². The van der Waals surface area contributed by atoms with Gasteiger partial charge in [-0.2, -0.15) is 0 Å². The Morgan fingerprint density at radius 2 is 1.97 bits per heavy atom. The molecule has 0 bridgehead atoms. The van der Waals surface area contributed by atoms with Crippen LogP contribution in [0.2, 0.25) is 5.02 Å². The number of nitrogens with zero attached hydrogens (tertiary/aromatic N) is 2. The van der Waals surface area contributed by atoms with Crippen molar-refractivity contribution in [1.82, 2.24) is 9.97 Å². The molecule has 0 amide bonds. The molecule has 1 fully saturated rings. The normalized spacial score (nSPS) is 18.6. The van der Waals surface area contributed by atoms with Crippen LogP contribution < -0.4 is 16.4 Å². The highest BCUT2D eigenvalue weighted by molar-refractivity contribution is 6.33. The fraction of sp³-hybridized carbons (Fsp3) is 0.273. The highest BCUT2D eigenvalue weighted by Crippen LogP contribution is 2.30. The maximum atomic E-state index is 13.4.